The zero-order valence-electron chi connectivity index (χ0n) is 12.5. The molecular formula is C17H15N3O2S. The van der Waals surface area contributed by atoms with E-state index in [1.807, 2.05) is 24.3 Å². The molecule has 1 heterocycles. The number of ketones is 1. The summed E-state index contributed by atoms with van der Waals surface area (Å²) in [6.07, 6.45) is 0. The predicted molar refractivity (Wildman–Crippen MR) is 90.8 cm³/mol. The van der Waals surface area contributed by atoms with Crippen LogP contribution in [-0.4, -0.2) is 34.5 Å². The van der Waals surface area contributed by atoms with Crippen molar-refractivity contribution in [3.8, 4) is 0 Å². The second-order valence-electron chi connectivity index (χ2n) is 4.93. The van der Waals surface area contributed by atoms with E-state index in [0.29, 0.717) is 22.0 Å². The average Bonchev–Trinajstić information content (AvgIpc) is 3.01. The van der Waals surface area contributed by atoms with Crippen LogP contribution in [0.3, 0.4) is 0 Å². The normalized spacial score (nSPS) is 10.7. The molecular weight excluding hydrogens is 310 g/mol. The molecule has 0 aliphatic heterocycles. The first-order valence-electron chi connectivity index (χ1n) is 7.10. The molecule has 23 heavy (non-hydrogen) atoms. The summed E-state index contributed by atoms with van der Waals surface area (Å²) in [4.78, 5) is 31.3. The molecule has 2 N–H and O–H groups in total. The Morgan fingerprint density at radius 1 is 1.13 bits per heavy atom. The summed E-state index contributed by atoms with van der Waals surface area (Å²) < 4.78 is 0. The number of aromatic amines is 1. The monoisotopic (exact) mass is 325 g/mol. The van der Waals surface area contributed by atoms with Crippen LogP contribution in [0.5, 0.6) is 0 Å². The van der Waals surface area contributed by atoms with Crippen LogP contribution in [0.4, 0.5) is 0 Å². The molecule has 0 unspecified atom stereocenters. The lowest BCUT2D eigenvalue weighted by Crippen LogP contribution is -2.19. The largest absolute Gasteiger partial charge is 0.358 e. The van der Waals surface area contributed by atoms with Gasteiger partial charge in [0.1, 0.15) is 0 Å². The third-order valence-corrected chi connectivity index (χ3v) is 4.25. The lowest BCUT2D eigenvalue weighted by Gasteiger charge is -2.00. The van der Waals surface area contributed by atoms with Crippen molar-refractivity contribution in [2.75, 3.05) is 12.8 Å². The van der Waals surface area contributed by atoms with Gasteiger partial charge in [-0.15, -0.1) is 0 Å². The van der Waals surface area contributed by atoms with E-state index < -0.39 is 0 Å². The molecule has 0 saturated heterocycles. The van der Waals surface area contributed by atoms with Crippen LogP contribution in [0.1, 0.15) is 15.9 Å². The van der Waals surface area contributed by atoms with Crippen LogP contribution < -0.4 is 5.32 Å². The number of amides is 1. The van der Waals surface area contributed by atoms with Crippen molar-refractivity contribution >= 4 is 34.5 Å². The number of fused-ring (bicyclic) bond motifs is 1. The van der Waals surface area contributed by atoms with E-state index in [1.54, 1.807) is 31.3 Å². The summed E-state index contributed by atoms with van der Waals surface area (Å²) in [5.74, 6) is 0.212. The number of hydrogen-bond donors (Lipinski definition) is 2. The summed E-state index contributed by atoms with van der Waals surface area (Å²) >= 11 is 1.33. The Bertz CT molecular complexity index is 859. The molecule has 3 aromatic rings. The van der Waals surface area contributed by atoms with E-state index in [2.05, 4.69) is 15.3 Å². The fourth-order valence-corrected chi connectivity index (χ4v) is 2.92. The zero-order chi connectivity index (χ0) is 16.2. The molecule has 0 bridgehead atoms. The number of nitrogens with zero attached hydrogens (tertiary/aromatic N) is 1. The maximum absolute atomic E-state index is 12.5. The topological polar surface area (TPSA) is 74.8 Å². The van der Waals surface area contributed by atoms with Crippen LogP contribution in [0.2, 0.25) is 0 Å². The Hall–Kier alpha value is -2.60. The minimum Gasteiger partial charge on any atom is -0.358 e. The number of aromatic nitrogens is 2. The first kappa shape index (κ1) is 15.3. The van der Waals surface area contributed by atoms with Gasteiger partial charge in [0.05, 0.1) is 16.8 Å². The number of benzene rings is 2. The molecule has 0 atom stereocenters. The van der Waals surface area contributed by atoms with Gasteiger partial charge in [0.25, 0.3) is 0 Å². The number of nitrogens with one attached hydrogen (secondary N) is 2. The summed E-state index contributed by atoms with van der Waals surface area (Å²) in [6.45, 7) is 0. The van der Waals surface area contributed by atoms with Gasteiger partial charge in [0.2, 0.25) is 5.91 Å². The van der Waals surface area contributed by atoms with Gasteiger partial charge in [-0.3, -0.25) is 9.59 Å². The molecule has 0 aliphatic carbocycles. The number of H-pyrrole nitrogens is 1. The van der Waals surface area contributed by atoms with Crippen LogP contribution >= 0.6 is 11.8 Å². The second-order valence-corrected chi connectivity index (χ2v) is 5.89. The van der Waals surface area contributed by atoms with E-state index in [4.69, 9.17) is 0 Å². The number of imidazole rings is 1. The summed E-state index contributed by atoms with van der Waals surface area (Å²) in [7, 11) is 1.60. The van der Waals surface area contributed by atoms with E-state index in [1.165, 1.54) is 11.8 Å². The molecule has 0 aliphatic rings. The van der Waals surface area contributed by atoms with Crippen LogP contribution in [0.15, 0.2) is 53.7 Å². The minimum absolute atomic E-state index is 0.0262. The van der Waals surface area contributed by atoms with Crippen molar-refractivity contribution in [1.29, 1.82) is 0 Å². The molecule has 0 radical (unpaired) electrons. The summed E-state index contributed by atoms with van der Waals surface area (Å²) in [6, 6.07) is 14.5. The highest BCUT2D eigenvalue weighted by Crippen LogP contribution is 2.21. The highest BCUT2D eigenvalue weighted by molar-refractivity contribution is 7.99. The van der Waals surface area contributed by atoms with Crippen molar-refractivity contribution in [2.24, 2.45) is 0 Å². The molecule has 116 valence electrons. The first-order chi connectivity index (χ1) is 11.2. The Balaban J connectivity index is 1.84. The van der Waals surface area contributed by atoms with E-state index in [-0.39, 0.29) is 11.7 Å². The quantitative estimate of drug-likeness (QED) is 0.558. The minimum atomic E-state index is -0.0598. The maximum atomic E-state index is 12.5. The van der Waals surface area contributed by atoms with Gasteiger partial charge in [0, 0.05) is 18.2 Å². The molecule has 1 amide bonds. The summed E-state index contributed by atoms with van der Waals surface area (Å²) in [5.41, 5.74) is 2.82. The van der Waals surface area contributed by atoms with E-state index in [9.17, 15) is 9.59 Å². The second kappa shape index (κ2) is 6.66. The standard InChI is InChI=1S/C17H15N3O2S/c1-18-15(21)10-23-17-19-13-8-7-12(9-14(13)20-17)16(22)11-5-3-2-4-6-11/h2-9H,10H2,1H3,(H,18,21)(H,19,20). The van der Waals surface area contributed by atoms with E-state index >= 15 is 0 Å². The first-order valence-corrected chi connectivity index (χ1v) is 8.09. The Morgan fingerprint density at radius 3 is 2.65 bits per heavy atom. The van der Waals surface area contributed by atoms with Crippen molar-refractivity contribution in [1.82, 2.24) is 15.3 Å². The van der Waals surface area contributed by atoms with Crippen LogP contribution in [0, 0.1) is 0 Å². The molecule has 3 rings (SSSR count). The smallest absolute Gasteiger partial charge is 0.230 e. The third kappa shape index (κ3) is 3.43. The Labute approximate surface area is 137 Å². The lowest BCUT2D eigenvalue weighted by molar-refractivity contribution is -0.118. The zero-order valence-corrected chi connectivity index (χ0v) is 13.3. The number of carbonyl (C=O) groups is 2. The summed E-state index contributed by atoms with van der Waals surface area (Å²) in [5, 5.41) is 3.23. The Morgan fingerprint density at radius 2 is 1.91 bits per heavy atom. The van der Waals surface area contributed by atoms with Gasteiger partial charge in [-0.05, 0) is 18.2 Å². The van der Waals surface area contributed by atoms with Crippen LogP contribution in [-0.2, 0) is 4.79 Å². The van der Waals surface area contributed by atoms with Crippen LogP contribution in [0.25, 0.3) is 11.0 Å². The highest BCUT2D eigenvalue weighted by Gasteiger charge is 2.11. The molecule has 0 fully saturated rings. The highest BCUT2D eigenvalue weighted by atomic mass is 32.2. The molecule has 1 aromatic heterocycles. The van der Waals surface area contributed by atoms with Gasteiger partial charge in [-0.1, -0.05) is 42.1 Å². The van der Waals surface area contributed by atoms with Gasteiger partial charge < -0.3 is 10.3 Å². The lowest BCUT2D eigenvalue weighted by atomic mass is 10.0. The maximum Gasteiger partial charge on any atom is 0.230 e. The molecule has 6 heteroatoms. The number of rotatable bonds is 5. The fourth-order valence-electron chi connectivity index (χ4n) is 2.16. The van der Waals surface area contributed by atoms with Crippen molar-refractivity contribution in [3.63, 3.8) is 0 Å². The van der Waals surface area contributed by atoms with Gasteiger partial charge in [0.15, 0.2) is 10.9 Å². The number of thioether (sulfide) groups is 1. The number of hydrogen-bond acceptors (Lipinski definition) is 4. The van der Waals surface area contributed by atoms with Gasteiger partial charge in [-0.2, -0.15) is 0 Å². The molecule has 2 aromatic carbocycles. The van der Waals surface area contributed by atoms with E-state index in [0.717, 1.165) is 11.0 Å². The number of carbonyl (C=O) groups excluding carboxylic acids is 2. The SMILES string of the molecule is CNC(=O)CSc1nc2ccc(C(=O)c3ccccc3)cc2[nH]1. The Kier molecular flexibility index (Phi) is 4.43. The van der Waals surface area contributed by atoms with Crippen molar-refractivity contribution in [2.45, 2.75) is 5.16 Å². The predicted octanol–water partition coefficient (Wildman–Crippen LogP) is 2.63. The van der Waals surface area contributed by atoms with Crippen molar-refractivity contribution in [3.05, 3.63) is 59.7 Å². The third-order valence-electron chi connectivity index (χ3n) is 3.38. The molecule has 5 nitrogen and oxygen atoms in total. The van der Waals surface area contributed by atoms with Gasteiger partial charge in [-0.25, -0.2) is 4.98 Å². The fraction of sp³-hybridized carbons (Fsp3) is 0.118. The molecule has 0 saturated carbocycles. The average molecular weight is 325 g/mol. The molecule has 0 spiro atoms. The van der Waals surface area contributed by atoms with Crippen molar-refractivity contribution < 1.29 is 9.59 Å². The van der Waals surface area contributed by atoms with Gasteiger partial charge >= 0.3 is 0 Å².